The number of methoxy groups -OCH3 is 1. The van der Waals surface area contributed by atoms with E-state index in [4.69, 9.17) is 10.5 Å². The first kappa shape index (κ1) is 11.0. The van der Waals surface area contributed by atoms with E-state index in [0.717, 1.165) is 17.0 Å². The molecule has 1 aromatic carbocycles. The van der Waals surface area contributed by atoms with Gasteiger partial charge >= 0.3 is 0 Å². The molecule has 2 N–H and O–H groups in total. The van der Waals surface area contributed by atoms with Gasteiger partial charge in [-0.25, -0.2) is 9.97 Å². The van der Waals surface area contributed by atoms with Gasteiger partial charge in [-0.3, -0.25) is 0 Å². The number of hydrogen-bond acceptors (Lipinski definition) is 4. The van der Waals surface area contributed by atoms with Crippen LogP contribution in [0.1, 0.15) is 24.5 Å². The van der Waals surface area contributed by atoms with Gasteiger partial charge in [0.05, 0.1) is 12.7 Å². The number of hydrogen-bond donors (Lipinski definition) is 1. The summed E-state index contributed by atoms with van der Waals surface area (Å²) in [6.07, 6.45) is 2.39. The Morgan fingerprint density at radius 3 is 2.72 bits per heavy atom. The third-order valence-corrected chi connectivity index (χ3v) is 3.11. The monoisotopic (exact) mass is 241 g/mol. The second kappa shape index (κ2) is 4.29. The maximum atomic E-state index is 5.86. The molecule has 1 aliphatic rings. The Kier molecular flexibility index (Phi) is 2.63. The standard InChI is InChI=1S/C14H15N3O/c1-18-12-5-3-2-4-10(12)14-16-11(9-6-7-9)8-13(15)17-14/h2-5,8-9H,6-7H2,1H3,(H2,15,16,17). The number of aromatic nitrogens is 2. The zero-order valence-corrected chi connectivity index (χ0v) is 10.3. The summed E-state index contributed by atoms with van der Waals surface area (Å²) in [6, 6.07) is 9.59. The molecule has 1 heterocycles. The van der Waals surface area contributed by atoms with Crippen LogP contribution in [-0.2, 0) is 0 Å². The fraction of sp³-hybridized carbons (Fsp3) is 0.286. The van der Waals surface area contributed by atoms with Crippen molar-refractivity contribution in [2.75, 3.05) is 12.8 Å². The Morgan fingerprint density at radius 2 is 2.00 bits per heavy atom. The van der Waals surface area contributed by atoms with Crippen molar-refractivity contribution in [3.05, 3.63) is 36.0 Å². The summed E-state index contributed by atoms with van der Waals surface area (Å²) in [4.78, 5) is 8.91. The molecule has 1 aliphatic carbocycles. The molecule has 0 unspecified atom stereocenters. The number of nitrogens with two attached hydrogens (primary N) is 1. The second-order valence-corrected chi connectivity index (χ2v) is 4.52. The van der Waals surface area contributed by atoms with Crippen LogP contribution < -0.4 is 10.5 Å². The summed E-state index contributed by atoms with van der Waals surface area (Å²) in [5.41, 5.74) is 7.79. The first-order valence-electron chi connectivity index (χ1n) is 6.06. The van der Waals surface area contributed by atoms with Crippen molar-refractivity contribution in [1.29, 1.82) is 0 Å². The van der Waals surface area contributed by atoms with Gasteiger partial charge in [0.15, 0.2) is 5.82 Å². The normalized spacial score (nSPS) is 14.5. The highest BCUT2D eigenvalue weighted by Gasteiger charge is 2.26. The predicted molar refractivity (Wildman–Crippen MR) is 70.4 cm³/mol. The summed E-state index contributed by atoms with van der Waals surface area (Å²) in [5, 5.41) is 0. The molecular formula is C14H15N3O. The first-order chi connectivity index (χ1) is 8.78. The van der Waals surface area contributed by atoms with Gasteiger partial charge in [0, 0.05) is 17.7 Å². The highest BCUT2D eigenvalue weighted by Crippen LogP contribution is 2.40. The quantitative estimate of drug-likeness (QED) is 0.897. The third-order valence-electron chi connectivity index (χ3n) is 3.11. The van der Waals surface area contributed by atoms with Gasteiger partial charge in [0.25, 0.3) is 0 Å². The predicted octanol–water partition coefficient (Wildman–Crippen LogP) is 2.61. The molecular weight excluding hydrogens is 226 g/mol. The fourth-order valence-electron chi connectivity index (χ4n) is 2.02. The number of rotatable bonds is 3. The molecule has 3 rings (SSSR count). The lowest BCUT2D eigenvalue weighted by Gasteiger charge is -2.09. The highest BCUT2D eigenvalue weighted by atomic mass is 16.5. The summed E-state index contributed by atoms with van der Waals surface area (Å²) in [7, 11) is 1.65. The lowest BCUT2D eigenvalue weighted by atomic mass is 10.1. The van der Waals surface area contributed by atoms with E-state index < -0.39 is 0 Å². The van der Waals surface area contributed by atoms with E-state index in [1.807, 2.05) is 30.3 Å². The molecule has 0 bridgehead atoms. The Morgan fingerprint density at radius 1 is 1.22 bits per heavy atom. The van der Waals surface area contributed by atoms with Gasteiger partial charge in [-0.2, -0.15) is 0 Å². The molecule has 92 valence electrons. The fourth-order valence-corrected chi connectivity index (χ4v) is 2.02. The van der Waals surface area contributed by atoms with Crippen molar-refractivity contribution < 1.29 is 4.74 Å². The van der Waals surface area contributed by atoms with Crippen LogP contribution in [0, 0.1) is 0 Å². The Balaban J connectivity index is 2.10. The molecule has 0 spiro atoms. The van der Waals surface area contributed by atoms with Crippen LogP contribution in [-0.4, -0.2) is 17.1 Å². The molecule has 4 heteroatoms. The Labute approximate surface area is 106 Å². The first-order valence-corrected chi connectivity index (χ1v) is 6.06. The van der Waals surface area contributed by atoms with Crippen molar-refractivity contribution >= 4 is 5.82 Å². The lowest BCUT2D eigenvalue weighted by molar-refractivity contribution is 0.416. The molecule has 2 aromatic rings. The molecule has 4 nitrogen and oxygen atoms in total. The van der Waals surface area contributed by atoms with Gasteiger partial charge < -0.3 is 10.5 Å². The van der Waals surface area contributed by atoms with E-state index in [1.54, 1.807) is 7.11 Å². The molecule has 1 saturated carbocycles. The number of para-hydroxylation sites is 1. The molecule has 0 aliphatic heterocycles. The topological polar surface area (TPSA) is 61.0 Å². The Bertz CT molecular complexity index is 579. The Hall–Kier alpha value is -2.10. The van der Waals surface area contributed by atoms with Crippen LogP contribution in [0.4, 0.5) is 5.82 Å². The van der Waals surface area contributed by atoms with Crippen molar-refractivity contribution in [2.24, 2.45) is 0 Å². The van der Waals surface area contributed by atoms with Gasteiger partial charge in [-0.1, -0.05) is 12.1 Å². The van der Waals surface area contributed by atoms with Crippen molar-refractivity contribution in [3.8, 4) is 17.1 Å². The third kappa shape index (κ3) is 2.01. The maximum absolute atomic E-state index is 5.86. The van der Waals surface area contributed by atoms with E-state index in [9.17, 15) is 0 Å². The van der Waals surface area contributed by atoms with Crippen LogP contribution >= 0.6 is 0 Å². The van der Waals surface area contributed by atoms with Gasteiger partial charge in [0.2, 0.25) is 0 Å². The minimum absolute atomic E-state index is 0.521. The molecule has 18 heavy (non-hydrogen) atoms. The summed E-state index contributed by atoms with van der Waals surface area (Å²) in [6.45, 7) is 0. The lowest BCUT2D eigenvalue weighted by Crippen LogP contribution is -2.00. The van der Waals surface area contributed by atoms with E-state index in [1.165, 1.54) is 12.8 Å². The summed E-state index contributed by atoms with van der Waals surface area (Å²) >= 11 is 0. The number of benzene rings is 1. The second-order valence-electron chi connectivity index (χ2n) is 4.52. The van der Waals surface area contributed by atoms with Crippen LogP contribution in [0.2, 0.25) is 0 Å². The van der Waals surface area contributed by atoms with E-state index in [2.05, 4.69) is 9.97 Å². The van der Waals surface area contributed by atoms with Gasteiger partial charge in [0.1, 0.15) is 11.6 Å². The molecule has 1 aromatic heterocycles. The number of nitrogen functional groups attached to an aromatic ring is 1. The summed E-state index contributed by atoms with van der Waals surface area (Å²) in [5.74, 6) is 2.50. The summed E-state index contributed by atoms with van der Waals surface area (Å²) < 4.78 is 5.33. The number of nitrogens with zero attached hydrogens (tertiary/aromatic N) is 2. The molecule has 0 radical (unpaired) electrons. The van der Waals surface area contributed by atoms with Crippen LogP contribution in [0.25, 0.3) is 11.4 Å². The van der Waals surface area contributed by atoms with E-state index >= 15 is 0 Å². The zero-order chi connectivity index (χ0) is 12.5. The molecule has 0 atom stereocenters. The maximum Gasteiger partial charge on any atom is 0.165 e. The average Bonchev–Trinajstić information content (AvgIpc) is 3.22. The molecule has 1 fully saturated rings. The number of anilines is 1. The smallest absolute Gasteiger partial charge is 0.165 e. The van der Waals surface area contributed by atoms with Gasteiger partial charge in [-0.15, -0.1) is 0 Å². The molecule has 0 saturated heterocycles. The minimum Gasteiger partial charge on any atom is -0.496 e. The van der Waals surface area contributed by atoms with Crippen molar-refractivity contribution in [2.45, 2.75) is 18.8 Å². The number of ether oxygens (including phenoxy) is 1. The van der Waals surface area contributed by atoms with Crippen LogP contribution in [0.3, 0.4) is 0 Å². The van der Waals surface area contributed by atoms with Crippen LogP contribution in [0.15, 0.2) is 30.3 Å². The van der Waals surface area contributed by atoms with Crippen molar-refractivity contribution in [1.82, 2.24) is 9.97 Å². The van der Waals surface area contributed by atoms with Crippen molar-refractivity contribution in [3.63, 3.8) is 0 Å². The van der Waals surface area contributed by atoms with Gasteiger partial charge in [-0.05, 0) is 25.0 Å². The highest BCUT2D eigenvalue weighted by molar-refractivity contribution is 5.65. The molecule has 0 amide bonds. The SMILES string of the molecule is COc1ccccc1-c1nc(N)cc(C2CC2)n1. The minimum atomic E-state index is 0.521. The van der Waals surface area contributed by atoms with Crippen LogP contribution in [0.5, 0.6) is 5.75 Å². The zero-order valence-electron chi connectivity index (χ0n) is 10.3. The largest absolute Gasteiger partial charge is 0.496 e. The average molecular weight is 241 g/mol. The van der Waals surface area contributed by atoms with E-state index in [0.29, 0.717) is 17.6 Å². The van der Waals surface area contributed by atoms with E-state index in [-0.39, 0.29) is 0 Å².